The van der Waals surface area contributed by atoms with Crippen LogP contribution in [0.4, 0.5) is 10.8 Å². The van der Waals surface area contributed by atoms with Crippen molar-refractivity contribution in [2.45, 2.75) is 12.8 Å². The summed E-state index contributed by atoms with van der Waals surface area (Å²) in [5.41, 5.74) is 3.69. The Kier molecular flexibility index (Phi) is 4.66. The van der Waals surface area contributed by atoms with Crippen molar-refractivity contribution in [1.29, 1.82) is 0 Å². The average Bonchev–Trinajstić information content (AvgIpc) is 3.20. The van der Waals surface area contributed by atoms with Crippen molar-refractivity contribution in [2.75, 3.05) is 30.4 Å². The van der Waals surface area contributed by atoms with E-state index in [0.717, 1.165) is 48.3 Å². The van der Waals surface area contributed by atoms with Crippen LogP contribution in [0.5, 0.6) is 5.75 Å². The molecule has 1 fully saturated rings. The number of amides is 1. The Morgan fingerprint density at radius 2 is 2.15 bits per heavy atom. The predicted octanol–water partition coefficient (Wildman–Crippen LogP) is 2.95. The third-order valence-electron chi connectivity index (χ3n) is 4.72. The lowest BCUT2D eigenvalue weighted by molar-refractivity contribution is -0.120. The highest BCUT2D eigenvalue weighted by Crippen LogP contribution is 2.31. The molecule has 0 spiro atoms. The molecule has 0 unspecified atom stereocenters. The maximum atomic E-state index is 12.4. The number of methoxy groups -OCH3 is 1. The van der Waals surface area contributed by atoms with Gasteiger partial charge in [0.1, 0.15) is 11.3 Å². The highest BCUT2D eigenvalue weighted by atomic mass is 32.1. The van der Waals surface area contributed by atoms with E-state index in [9.17, 15) is 4.79 Å². The van der Waals surface area contributed by atoms with Gasteiger partial charge >= 0.3 is 0 Å². The fraction of sp³-hybridized carbons (Fsp3) is 0.333. The molecule has 8 heteroatoms. The van der Waals surface area contributed by atoms with Crippen LogP contribution in [0.25, 0.3) is 10.9 Å². The highest BCUT2D eigenvalue weighted by Gasteiger charge is 2.26. The first kappa shape index (κ1) is 16.7. The number of pyridine rings is 1. The van der Waals surface area contributed by atoms with Crippen LogP contribution in [0.2, 0.25) is 0 Å². The Morgan fingerprint density at radius 3 is 2.88 bits per heavy atom. The second kappa shape index (κ2) is 7.25. The van der Waals surface area contributed by atoms with Crippen LogP contribution in [0.3, 0.4) is 0 Å². The third-order valence-corrected chi connectivity index (χ3v) is 5.33. The SMILES string of the molecule is COc1ccc2nccc(N3CCC(C(=O)Nc4nncs4)CC3)c2c1. The summed E-state index contributed by atoms with van der Waals surface area (Å²) >= 11 is 1.33. The molecule has 26 heavy (non-hydrogen) atoms. The minimum Gasteiger partial charge on any atom is -0.497 e. The number of rotatable bonds is 4. The van der Waals surface area contributed by atoms with Gasteiger partial charge in [-0.1, -0.05) is 11.3 Å². The van der Waals surface area contributed by atoms with Gasteiger partial charge in [0.25, 0.3) is 0 Å². The second-order valence-corrected chi connectivity index (χ2v) is 7.04. The van der Waals surface area contributed by atoms with Crippen molar-refractivity contribution in [2.24, 2.45) is 5.92 Å². The standard InChI is InChI=1S/C18H19N5O2S/c1-25-13-2-3-15-14(10-13)16(4-7-19-15)23-8-5-12(6-9-23)17(24)21-18-22-20-11-26-18/h2-4,7,10-12H,5-6,8-9H2,1H3,(H,21,22,24). The Hall–Kier alpha value is -2.74. The zero-order valence-corrected chi connectivity index (χ0v) is 15.2. The van der Waals surface area contributed by atoms with E-state index >= 15 is 0 Å². The van der Waals surface area contributed by atoms with Crippen LogP contribution in [-0.2, 0) is 4.79 Å². The smallest absolute Gasteiger partial charge is 0.229 e. The van der Waals surface area contributed by atoms with E-state index in [-0.39, 0.29) is 11.8 Å². The molecule has 1 amide bonds. The first-order valence-corrected chi connectivity index (χ1v) is 9.37. The summed E-state index contributed by atoms with van der Waals surface area (Å²) in [7, 11) is 1.67. The van der Waals surface area contributed by atoms with Gasteiger partial charge in [-0.15, -0.1) is 10.2 Å². The van der Waals surface area contributed by atoms with Gasteiger partial charge in [-0.25, -0.2) is 0 Å². The van der Waals surface area contributed by atoms with Crippen molar-refractivity contribution < 1.29 is 9.53 Å². The van der Waals surface area contributed by atoms with Crippen LogP contribution in [0.1, 0.15) is 12.8 Å². The van der Waals surface area contributed by atoms with E-state index in [2.05, 4.69) is 25.4 Å². The maximum absolute atomic E-state index is 12.4. The third kappa shape index (κ3) is 3.32. The molecule has 3 heterocycles. The van der Waals surface area contributed by atoms with Gasteiger partial charge < -0.3 is 15.0 Å². The van der Waals surface area contributed by atoms with E-state index in [4.69, 9.17) is 4.74 Å². The van der Waals surface area contributed by atoms with Gasteiger partial charge in [0.2, 0.25) is 11.0 Å². The molecule has 3 aromatic rings. The molecule has 0 radical (unpaired) electrons. The summed E-state index contributed by atoms with van der Waals surface area (Å²) in [6, 6.07) is 7.94. The average molecular weight is 369 g/mol. The summed E-state index contributed by atoms with van der Waals surface area (Å²) in [5.74, 6) is 0.846. The Balaban J connectivity index is 1.48. The fourth-order valence-corrected chi connectivity index (χ4v) is 3.78. The Labute approximate surface area is 155 Å². The molecular weight excluding hydrogens is 350 g/mol. The number of nitrogens with one attached hydrogen (secondary N) is 1. The Bertz CT molecular complexity index is 907. The van der Waals surface area contributed by atoms with Gasteiger partial charge in [-0.3, -0.25) is 9.78 Å². The number of hydrogen-bond donors (Lipinski definition) is 1. The molecule has 1 aliphatic heterocycles. The molecule has 1 aliphatic rings. The lowest BCUT2D eigenvalue weighted by Crippen LogP contribution is -2.38. The molecule has 0 aliphatic carbocycles. The number of ether oxygens (including phenoxy) is 1. The number of anilines is 2. The molecule has 0 bridgehead atoms. The lowest BCUT2D eigenvalue weighted by Gasteiger charge is -2.33. The number of hydrogen-bond acceptors (Lipinski definition) is 7. The molecule has 0 saturated carbocycles. The van der Waals surface area contributed by atoms with Crippen molar-refractivity contribution >= 4 is 39.0 Å². The monoisotopic (exact) mass is 369 g/mol. The second-order valence-electron chi connectivity index (χ2n) is 6.21. The summed E-state index contributed by atoms with van der Waals surface area (Å²) in [6.07, 6.45) is 3.44. The summed E-state index contributed by atoms with van der Waals surface area (Å²) in [6.45, 7) is 1.65. The van der Waals surface area contributed by atoms with Gasteiger partial charge in [0.05, 0.1) is 12.6 Å². The minimum absolute atomic E-state index is 0.00205. The summed E-state index contributed by atoms with van der Waals surface area (Å²) in [5, 5.41) is 12.1. The van der Waals surface area contributed by atoms with Gasteiger partial charge in [0, 0.05) is 36.3 Å². The normalized spacial score (nSPS) is 15.2. The number of benzene rings is 1. The topological polar surface area (TPSA) is 80.2 Å². The number of piperidine rings is 1. The number of nitrogens with zero attached hydrogens (tertiary/aromatic N) is 4. The first-order valence-electron chi connectivity index (χ1n) is 8.49. The number of aromatic nitrogens is 3. The van der Waals surface area contributed by atoms with Crippen LogP contribution < -0.4 is 15.0 Å². The minimum atomic E-state index is -0.00205. The van der Waals surface area contributed by atoms with Crippen molar-refractivity contribution in [1.82, 2.24) is 15.2 Å². The van der Waals surface area contributed by atoms with E-state index in [1.54, 1.807) is 12.6 Å². The largest absolute Gasteiger partial charge is 0.497 e. The number of carbonyl (C=O) groups is 1. The first-order chi connectivity index (χ1) is 12.7. The molecule has 7 nitrogen and oxygen atoms in total. The predicted molar refractivity (Wildman–Crippen MR) is 102 cm³/mol. The quantitative estimate of drug-likeness (QED) is 0.762. The van der Waals surface area contributed by atoms with E-state index in [1.807, 2.05) is 30.5 Å². The highest BCUT2D eigenvalue weighted by molar-refractivity contribution is 7.13. The van der Waals surface area contributed by atoms with Gasteiger partial charge in [0.15, 0.2) is 0 Å². The molecule has 0 atom stereocenters. The maximum Gasteiger partial charge on any atom is 0.229 e. The molecule has 4 rings (SSSR count). The van der Waals surface area contributed by atoms with Crippen LogP contribution in [0.15, 0.2) is 36.0 Å². The summed E-state index contributed by atoms with van der Waals surface area (Å²) < 4.78 is 5.35. The molecular formula is C18H19N5O2S. The summed E-state index contributed by atoms with van der Waals surface area (Å²) in [4.78, 5) is 19.1. The van der Waals surface area contributed by atoms with Crippen molar-refractivity contribution in [3.63, 3.8) is 0 Å². The van der Waals surface area contributed by atoms with Gasteiger partial charge in [-0.2, -0.15) is 0 Å². The molecule has 1 N–H and O–H groups in total. The van der Waals surface area contributed by atoms with E-state index in [1.165, 1.54) is 11.3 Å². The zero-order chi connectivity index (χ0) is 17.9. The molecule has 2 aromatic heterocycles. The molecule has 134 valence electrons. The molecule has 1 aromatic carbocycles. The van der Waals surface area contributed by atoms with Crippen molar-refractivity contribution in [3.8, 4) is 5.75 Å². The van der Waals surface area contributed by atoms with Gasteiger partial charge in [-0.05, 0) is 37.1 Å². The van der Waals surface area contributed by atoms with E-state index < -0.39 is 0 Å². The van der Waals surface area contributed by atoms with Crippen molar-refractivity contribution in [3.05, 3.63) is 36.0 Å². The number of fused-ring (bicyclic) bond motifs is 1. The van der Waals surface area contributed by atoms with Crippen LogP contribution in [-0.4, -0.2) is 41.3 Å². The van der Waals surface area contributed by atoms with Crippen LogP contribution in [0, 0.1) is 5.92 Å². The lowest BCUT2D eigenvalue weighted by atomic mass is 9.95. The number of carbonyl (C=O) groups excluding carboxylic acids is 1. The van der Waals surface area contributed by atoms with Crippen LogP contribution >= 0.6 is 11.3 Å². The fourth-order valence-electron chi connectivity index (χ4n) is 3.33. The Morgan fingerprint density at radius 1 is 1.31 bits per heavy atom. The molecule has 1 saturated heterocycles. The zero-order valence-electron chi connectivity index (χ0n) is 14.4. The van der Waals surface area contributed by atoms with E-state index in [0.29, 0.717) is 5.13 Å².